The van der Waals surface area contributed by atoms with Gasteiger partial charge in [-0.25, -0.2) is 4.79 Å². The molecule has 3 amide bonds. The molecule has 0 saturated heterocycles. The van der Waals surface area contributed by atoms with Gasteiger partial charge in [0.1, 0.15) is 5.00 Å². The molecule has 1 unspecified atom stereocenters. The number of primary amides is 1. The summed E-state index contributed by atoms with van der Waals surface area (Å²) in [7, 11) is 0. The van der Waals surface area contributed by atoms with E-state index in [1.165, 1.54) is 16.2 Å². The number of rotatable bonds is 2. The third kappa shape index (κ3) is 3.75. The number of carbonyl (C=O) groups excluding carboxylic acids is 2. The van der Waals surface area contributed by atoms with Gasteiger partial charge in [0.25, 0.3) is 5.91 Å². The lowest BCUT2D eigenvalue weighted by Gasteiger charge is -2.20. The minimum absolute atomic E-state index is 0.309. The number of fused-ring (bicyclic) bond motifs is 1. The molecule has 1 atom stereocenters. The van der Waals surface area contributed by atoms with E-state index in [1.807, 2.05) is 20.8 Å². The van der Waals surface area contributed by atoms with Crippen LogP contribution < -0.4 is 16.4 Å². The fourth-order valence-corrected chi connectivity index (χ4v) is 3.99. The van der Waals surface area contributed by atoms with Gasteiger partial charge < -0.3 is 11.1 Å². The Kier molecular flexibility index (Phi) is 4.27. The van der Waals surface area contributed by atoms with Crippen LogP contribution in [0.1, 0.15) is 54.9 Å². The smallest absolute Gasteiger partial charge is 0.320 e. The Morgan fingerprint density at radius 1 is 1.33 bits per heavy atom. The first-order valence-electron chi connectivity index (χ1n) is 7.21. The summed E-state index contributed by atoms with van der Waals surface area (Å²) in [6.07, 6.45) is 2.86. The third-order valence-electron chi connectivity index (χ3n) is 3.47. The molecule has 0 radical (unpaired) electrons. The van der Waals surface area contributed by atoms with Gasteiger partial charge >= 0.3 is 6.03 Å². The van der Waals surface area contributed by atoms with E-state index in [0.717, 1.165) is 24.8 Å². The van der Waals surface area contributed by atoms with E-state index in [1.54, 1.807) is 0 Å². The van der Waals surface area contributed by atoms with Gasteiger partial charge in [-0.3, -0.25) is 10.1 Å². The molecular formula is C15H23N3O2S. The van der Waals surface area contributed by atoms with Crippen LogP contribution in [0.4, 0.5) is 9.80 Å². The lowest BCUT2D eigenvalue weighted by molar-refractivity contribution is 0.100. The lowest BCUT2D eigenvalue weighted by atomic mass is 9.88. The molecule has 0 saturated carbocycles. The molecular weight excluding hydrogens is 286 g/mol. The molecule has 1 aliphatic rings. The highest BCUT2D eigenvalue weighted by Gasteiger charge is 2.27. The zero-order chi connectivity index (χ0) is 15.8. The summed E-state index contributed by atoms with van der Waals surface area (Å²) in [5.74, 6) is 0.140. The molecule has 1 aromatic heterocycles. The Hall–Kier alpha value is -1.56. The van der Waals surface area contributed by atoms with Crippen LogP contribution in [0.15, 0.2) is 0 Å². The zero-order valence-electron chi connectivity index (χ0n) is 13.0. The fraction of sp³-hybridized carbons (Fsp3) is 0.600. The van der Waals surface area contributed by atoms with E-state index >= 15 is 0 Å². The molecule has 21 heavy (non-hydrogen) atoms. The maximum absolute atomic E-state index is 12.0. The van der Waals surface area contributed by atoms with Crippen molar-refractivity contribution in [1.29, 1.82) is 0 Å². The first-order chi connectivity index (χ1) is 9.67. The lowest BCUT2D eigenvalue weighted by Crippen LogP contribution is -2.43. The highest BCUT2D eigenvalue weighted by atomic mass is 32.1. The molecule has 5 nitrogen and oxygen atoms in total. The van der Waals surface area contributed by atoms with Crippen LogP contribution in [0, 0.1) is 5.92 Å². The fourth-order valence-electron chi connectivity index (χ4n) is 2.57. The number of hydrogen-bond acceptors (Lipinski definition) is 3. The minimum Gasteiger partial charge on any atom is -0.365 e. The van der Waals surface area contributed by atoms with Crippen LogP contribution in [0.5, 0.6) is 0 Å². The molecule has 1 aromatic rings. The Balaban J connectivity index is 2.27. The topological polar surface area (TPSA) is 84.2 Å². The molecule has 1 aliphatic carbocycles. The number of nitrogens with two attached hydrogens (primary N) is 1. The van der Waals surface area contributed by atoms with Gasteiger partial charge in [0.15, 0.2) is 0 Å². The molecule has 116 valence electrons. The van der Waals surface area contributed by atoms with Crippen LogP contribution >= 0.6 is 11.3 Å². The van der Waals surface area contributed by atoms with Gasteiger partial charge in [-0.15, -0.1) is 11.3 Å². The Labute approximate surface area is 129 Å². The predicted molar refractivity (Wildman–Crippen MR) is 85.9 cm³/mol. The van der Waals surface area contributed by atoms with Crippen molar-refractivity contribution in [3.8, 4) is 0 Å². The number of thiophene rings is 1. The second-order valence-electron chi connectivity index (χ2n) is 6.75. The van der Waals surface area contributed by atoms with E-state index in [0.29, 0.717) is 16.5 Å². The van der Waals surface area contributed by atoms with E-state index in [9.17, 15) is 9.59 Å². The third-order valence-corrected chi connectivity index (χ3v) is 4.64. The summed E-state index contributed by atoms with van der Waals surface area (Å²) in [6, 6.07) is -0.309. The van der Waals surface area contributed by atoms with Gasteiger partial charge in [-0.1, -0.05) is 6.92 Å². The van der Waals surface area contributed by atoms with Crippen LogP contribution in [0.3, 0.4) is 0 Å². The maximum atomic E-state index is 12.0. The number of hydrogen-bond donors (Lipinski definition) is 3. The van der Waals surface area contributed by atoms with Crippen LogP contribution in [-0.4, -0.2) is 17.5 Å². The monoisotopic (exact) mass is 309 g/mol. The quantitative estimate of drug-likeness (QED) is 0.785. The summed E-state index contributed by atoms with van der Waals surface area (Å²) < 4.78 is 0. The molecule has 1 heterocycles. The average molecular weight is 309 g/mol. The summed E-state index contributed by atoms with van der Waals surface area (Å²) in [6.45, 7) is 7.92. The molecule has 0 fully saturated rings. The maximum Gasteiger partial charge on any atom is 0.320 e. The van der Waals surface area contributed by atoms with Crippen molar-refractivity contribution in [2.75, 3.05) is 5.32 Å². The summed E-state index contributed by atoms with van der Waals surface area (Å²) >= 11 is 1.48. The molecule has 0 aromatic carbocycles. The van der Waals surface area contributed by atoms with Crippen molar-refractivity contribution in [3.05, 3.63) is 16.0 Å². The van der Waals surface area contributed by atoms with E-state index in [4.69, 9.17) is 5.73 Å². The van der Waals surface area contributed by atoms with Gasteiger partial charge in [0.05, 0.1) is 5.56 Å². The molecule has 6 heteroatoms. The molecule has 0 spiro atoms. The Morgan fingerprint density at radius 3 is 2.57 bits per heavy atom. The largest absolute Gasteiger partial charge is 0.365 e. The SMILES string of the molecule is CC1CCc2c(sc(NC(=O)NC(C)(C)C)c2C(N)=O)C1. The number of urea groups is 1. The number of anilines is 1. The van der Waals surface area contributed by atoms with E-state index < -0.39 is 5.91 Å². The standard InChI is InChI=1S/C15H23N3O2S/c1-8-5-6-9-10(7-8)21-13(11(9)12(16)19)17-14(20)18-15(2,3)4/h8H,5-7H2,1-4H3,(H2,16,19)(H2,17,18,20). The molecule has 4 N–H and O–H groups in total. The predicted octanol–water partition coefficient (Wildman–Crippen LogP) is 2.89. The molecule has 2 rings (SSSR count). The van der Waals surface area contributed by atoms with Gasteiger partial charge in [-0.2, -0.15) is 0 Å². The van der Waals surface area contributed by atoms with Crippen LogP contribution in [0.25, 0.3) is 0 Å². The molecule has 0 bridgehead atoms. The normalized spacial score (nSPS) is 18.0. The number of carbonyl (C=O) groups is 2. The van der Waals surface area contributed by atoms with Crippen molar-refractivity contribution < 1.29 is 9.59 Å². The van der Waals surface area contributed by atoms with Crippen molar-refractivity contribution in [2.24, 2.45) is 11.7 Å². The van der Waals surface area contributed by atoms with Crippen molar-refractivity contribution in [2.45, 2.75) is 52.5 Å². The minimum atomic E-state index is -0.465. The highest BCUT2D eigenvalue weighted by molar-refractivity contribution is 7.17. The van der Waals surface area contributed by atoms with E-state index in [-0.39, 0.29) is 11.6 Å². The molecule has 0 aliphatic heterocycles. The Morgan fingerprint density at radius 2 is 2.00 bits per heavy atom. The summed E-state index contributed by atoms with van der Waals surface area (Å²) in [5.41, 5.74) is 6.70. The van der Waals surface area contributed by atoms with Crippen molar-refractivity contribution in [3.63, 3.8) is 0 Å². The van der Waals surface area contributed by atoms with Gasteiger partial charge in [0, 0.05) is 10.4 Å². The Bertz CT molecular complexity index is 572. The number of nitrogens with one attached hydrogen (secondary N) is 2. The van der Waals surface area contributed by atoms with Crippen molar-refractivity contribution >= 4 is 28.3 Å². The van der Waals surface area contributed by atoms with Crippen molar-refractivity contribution in [1.82, 2.24) is 5.32 Å². The first kappa shape index (κ1) is 15.8. The second-order valence-corrected chi connectivity index (χ2v) is 7.85. The van der Waals surface area contributed by atoms with Crippen LogP contribution in [0.2, 0.25) is 0 Å². The highest BCUT2D eigenvalue weighted by Crippen LogP contribution is 2.39. The second kappa shape index (κ2) is 5.67. The first-order valence-corrected chi connectivity index (χ1v) is 8.02. The van der Waals surface area contributed by atoms with Gasteiger partial charge in [-0.05, 0) is 51.5 Å². The van der Waals surface area contributed by atoms with Crippen LogP contribution in [-0.2, 0) is 12.8 Å². The summed E-state index contributed by atoms with van der Waals surface area (Å²) in [5, 5.41) is 6.19. The average Bonchev–Trinajstić information content (AvgIpc) is 2.62. The van der Waals surface area contributed by atoms with E-state index in [2.05, 4.69) is 17.6 Å². The zero-order valence-corrected chi connectivity index (χ0v) is 13.8. The number of amides is 3. The summed E-state index contributed by atoms with van der Waals surface area (Å²) in [4.78, 5) is 24.9. The van der Waals surface area contributed by atoms with Gasteiger partial charge in [0.2, 0.25) is 0 Å².